The van der Waals surface area contributed by atoms with Crippen LogP contribution in [0.4, 0.5) is 4.79 Å². The Kier molecular flexibility index (Phi) is 5.91. The van der Waals surface area contributed by atoms with E-state index in [1.165, 1.54) is 12.0 Å². The molecule has 1 fully saturated rings. The predicted octanol–water partition coefficient (Wildman–Crippen LogP) is 4.30. The molecule has 2 unspecified atom stereocenters. The molecular weight excluding hydrogens is 302 g/mol. The molecule has 0 N–H and O–H groups in total. The standard InChI is InChI=1S/C20H27NO3/c1-23-12-6-9-17-13-18-10-5-11-19(14-17)21(18)20(22)24-15-16-7-3-2-4-8-16/h2-4,7-8,13,18-19H,5-6,9-12,14-15H2,1H3. The maximum Gasteiger partial charge on any atom is 0.410 e. The zero-order chi connectivity index (χ0) is 16.8. The Morgan fingerprint density at radius 1 is 1.25 bits per heavy atom. The quantitative estimate of drug-likeness (QED) is 0.577. The first kappa shape index (κ1) is 17.0. The van der Waals surface area contributed by atoms with E-state index in [4.69, 9.17) is 9.47 Å². The summed E-state index contributed by atoms with van der Waals surface area (Å²) < 4.78 is 10.7. The van der Waals surface area contributed by atoms with Gasteiger partial charge in [-0.15, -0.1) is 0 Å². The van der Waals surface area contributed by atoms with Crippen LogP contribution in [0.5, 0.6) is 0 Å². The zero-order valence-corrected chi connectivity index (χ0v) is 14.4. The van der Waals surface area contributed by atoms with Gasteiger partial charge in [0.1, 0.15) is 6.61 Å². The molecule has 0 spiro atoms. The van der Waals surface area contributed by atoms with Crippen LogP contribution in [0, 0.1) is 0 Å². The summed E-state index contributed by atoms with van der Waals surface area (Å²) in [5.74, 6) is 0. The summed E-state index contributed by atoms with van der Waals surface area (Å²) in [4.78, 5) is 14.6. The number of fused-ring (bicyclic) bond motifs is 2. The highest BCUT2D eigenvalue weighted by atomic mass is 16.6. The Labute approximate surface area is 144 Å². The van der Waals surface area contributed by atoms with Gasteiger partial charge < -0.3 is 9.47 Å². The van der Waals surface area contributed by atoms with E-state index in [0.717, 1.165) is 44.3 Å². The number of hydrogen-bond acceptors (Lipinski definition) is 3. The van der Waals surface area contributed by atoms with Gasteiger partial charge in [0.15, 0.2) is 0 Å². The molecule has 2 heterocycles. The molecule has 2 aliphatic heterocycles. The van der Waals surface area contributed by atoms with Crippen LogP contribution in [-0.2, 0) is 16.1 Å². The van der Waals surface area contributed by atoms with Crippen molar-refractivity contribution in [1.82, 2.24) is 4.90 Å². The van der Waals surface area contributed by atoms with E-state index in [9.17, 15) is 4.79 Å². The maximum atomic E-state index is 12.6. The van der Waals surface area contributed by atoms with Gasteiger partial charge in [0, 0.05) is 19.8 Å². The molecule has 2 aliphatic rings. The third-order valence-corrected chi connectivity index (χ3v) is 4.98. The third-order valence-electron chi connectivity index (χ3n) is 4.98. The highest BCUT2D eigenvalue weighted by Gasteiger charge is 2.37. The maximum absolute atomic E-state index is 12.6. The van der Waals surface area contributed by atoms with Gasteiger partial charge in [-0.05, 0) is 44.1 Å². The van der Waals surface area contributed by atoms with Gasteiger partial charge in [0.2, 0.25) is 0 Å². The number of carbonyl (C=O) groups excluding carboxylic acids is 1. The minimum absolute atomic E-state index is 0.166. The molecule has 0 saturated carbocycles. The first-order chi connectivity index (χ1) is 11.8. The molecule has 3 rings (SSSR count). The van der Waals surface area contributed by atoms with Crippen molar-refractivity contribution < 1.29 is 14.3 Å². The number of carbonyl (C=O) groups is 1. The molecule has 0 aromatic heterocycles. The lowest BCUT2D eigenvalue weighted by atomic mass is 9.84. The number of rotatable bonds is 6. The molecule has 1 aromatic rings. The van der Waals surface area contributed by atoms with Crippen molar-refractivity contribution >= 4 is 6.09 Å². The van der Waals surface area contributed by atoms with Gasteiger partial charge in [-0.1, -0.05) is 42.0 Å². The molecule has 0 aliphatic carbocycles. The number of benzene rings is 1. The molecule has 1 aromatic carbocycles. The fourth-order valence-corrected chi connectivity index (χ4v) is 3.83. The lowest BCUT2D eigenvalue weighted by molar-refractivity contribution is 0.0477. The molecule has 24 heavy (non-hydrogen) atoms. The summed E-state index contributed by atoms with van der Waals surface area (Å²) in [6.45, 7) is 1.15. The van der Waals surface area contributed by atoms with Gasteiger partial charge in [0.25, 0.3) is 0 Å². The van der Waals surface area contributed by atoms with E-state index < -0.39 is 0 Å². The Hall–Kier alpha value is -1.81. The third kappa shape index (κ3) is 4.18. The van der Waals surface area contributed by atoms with Crippen LogP contribution < -0.4 is 0 Å². The molecule has 2 atom stereocenters. The molecule has 2 bridgehead atoms. The average molecular weight is 329 g/mol. The van der Waals surface area contributed by atoms with Gasteiger partial charge in [0.05, 0.1) is 6.04 Å². The number of methoxy groups -OCH3 is 1. The van der Waals surface area contributed by atoms with Crippen LogP contribution in [0.3, 0.4) is 0 Å². The number of ether oxygens (including phenoxy) is 2. The van der Waals surface area contributed by atoms with Crippen LogP contribution in [-0.4, -0.2) is 36.8 Å². The monoisotopic (exact) mass is 329 g/mol. The predicted molar refractivity (Wildman–Crippen MR) is 93.7 cm³/mol. The fraction of sp³-hybridized carbons (Fsp3) is 0.550. The second-order valence-electron chi connectivity index (χ2n) is 6.72. The Morgan fingerprint density at radius 2 is 2.08 bits per heavy atom. The van der Waals surface area contributed by atoms with Gasteiger partial charge in [-0.25, -0.2) is 4.79 Å². The first-order valence-corrected chi connectivity index (χ1v) is 8.95. The topological polar surface area (TPSA) is 38.8 Å². The summed E-state index contributed by atoms with van der Waals surface area (Å²) in [5, 5.41) is 0. The van der Waals surface area contributed by atoms with E-state index in [-0.39, 0.29) is 12.1 Å². The molecular formula is C20H27NO3. The summed E-state index contributed by atoms with van der Waals surface area (Å²) in [6, 6.07) is 10.4. The van der Waals surface area contributed by atoms with Crippen molar-refractivity contribution in [3.63, 3.8) is 0 Å². The van der Waals surface area contributed by atoms with E-state index in [1.807, 2.05) is 35.2 Å². The minimum atomic E-state index is -0.166. The summed E-state index contributed by atoms with van der Waals surface area (Å²) in [5.41, 5.74) is 2.51. The molecule has 4 heteroatoms. The van der Waals surface area contributed by atoms with Crippen molar-refractivity contribution in [2.24, 2.45) is 0 Å². The zero-order valence-electron chi connectivity index (χ0n) is 14.4. The molecule has 1 saturated heterocycles. The molecule has 130 valence electrons. The fourth-order valence-electron chi connectivity index (χ4n) is 3.83. The second kappa shape index (κ2) is 8.34. The second-order valence-corrected chi connectivity index (χ2v) is 6.72. The number of nitrogens with zero attached hydrogens (tertiary/aromatic N) is 1. The van der Waals surface area contributed by atoms with Gasteiger partial charge in [-0.3, -0.25) is 4.90 Å². The Balaban J connectivity index is 1.60. The minimum Gasteiger partial charge on any atom is -0.445 e. The number of piperidine rings is 1. The van der Waals surface area contributed by atoms with E-state index in [0.29, 0.717) is 12.6 Å². The van der Waals surface area contributed by atoms with Gasteiger partial charge >= 0.3 is 6.09 Å². The van der Waals surface area contributed by atoms with Crippen molar-refractivity contribution in [1.29, 1.82) is 0 Å². The Bertz CT molecular complexity index is 570. The highest BCUT2D eigenvalue weighted by molar-refractivity contribution is 5.69. The average Bonchev–Trinajstić information content (AvgIpc) is 2.60. The van der Waals surface area contributed by atoms with Crippen LogP contribution in [0.1, 0.15) is 44.1 Å². The van der Waals surface area contributed by atoms with Crippen LogP contribution in [0.15, 0.2) is 42.0 Å². The van der Waals surface area contributed by atoms with E-state index in [2.05, 4.69) is 6.08 Å². The summed E-state index contributed by atoms with van der Waals surface area (Å²) in [7, 11) is 1.74. The smallest absolute Gasteiger partial charge is 0.410 e. The van der Waals surface area contributed by atoms with Crippen molar-refractivity contribution in [2.75, 3.05) is 13.7 Å². The summed E-state index contributed by atoms with van der Waals surface area (Å²) in [6.07, 6.45) is 8.58. The molecule has 4 nitrogen and oxygen atoms in total. The summed E-state index contributed by atoms with van der Waals surface area (Å²) >= 11 is 0. The van der Waals surface area contributed by atoms with Crippen molar-refractivity contribution in [2.45, 2.75) is 57.2 Å². The molecule has 1 amide bonds. The van der Waals surface area contributed by atoms with Crippen molar-refractivity contribution in [3.8, 4) is 0 Å². The van der Waals surface area contributed by atoms with Crippen molar-refractivity contribution in [3.05, 3.63) is 47.5 Å². The van der Waals surface area contributed by atoms with Crippen LogP contribution >= 0.6 is 0 Å². The van der Waals surface area contributed by atoms with Crippen LogP contribution in [0.25, 0.3) is 0 Å². The largest absolute Gasteiger partial charge is 0.445 e. The SMILES string of the molecule is COCCCC1=CC2CCCC(C1)N2C(=O)OCc1ccccc1. The first-order valence-electron chi connectivity index (χ1n) is 8.95. The number of amides is 1. The van der Waals surface area contributed by atoms with E-state index >= 15 is 0 Å². The van der Waals surface area contributed by atoms with E-state index in [1.54, 1.807) is 7.11 Å². The van der Waals surface area contributed by atoms with Gasteiger partial charge in [-0.2, -0.15) is 0 Å². The lowest BCUT2D eigenvalue weighted by Crippen LogP contribution is -2.51. The lowest BCUT2D eigenvalue weighted by Gasteiger charge is -2.44. The van der Waals surface area contributed by atoms with Crippen LogP contribution in [0.2, 0.25) is 0 Å². The molecule has 0 radical (unpaired) electrons. The normalized spacial score (nSPS) is 22.9. The Morgan fingerprint density at radius 3 is 2.83 bits per heavy atom. The number of hydrogen-bond donors (Lipinski definition) is 0. The highest BCUT2D eigenvalue weighted by Crippen LogP contribution is 2.35.